The third-order valence-corrected chi connectivity index (χ3v) is 9.71. The number of rotatable bonds is 7. The Labute approximate surface area is 267 Å². The first-order chi connectivity index (χ1) is 22.6. The molecule has 4 heterocycles. The summed E-state index contributed by atoms with van der Waals surface area (Å²) in [6.45, 7) is 2.20. The Morgan fingerprint density at radius 3 is 2.85 bits per heavy atom. The van der Waals surface area contributed by atoms with Crippen LogP contribution >= 0.6 is 0 Å². The highest BCUT2D eigenvalue weighted by molar-refractivity contribution is 6.01. The van der Waals surface area contributed by atoms with Crippen LogP contribution < -0.4 is 20.9 Å². The van der Waals surface area contributed by atoms with Crippen LogP contribution in [0.2, 0.25) is 0 Å². The van der Waals surface area contributed by atoms with Gasteiger partial charge in [-0.15, -0.1) is 0 Å². The molecule has 11 heteroatoms. The summed E-state index contributed by atoms with van der Waals surface area (Å²) in [6, 6.07) is 22.3. The van der Waals surface area contributed by atoms with Gasteiger partial charge in [0.15, 0.2) is 0 Å². The fourth-order valence-electron chi connectivity index (χ4n) is 7.41. The van der Waals surface area contributed by atoms with E-state index in [-0.39, 0.29) is 24.1 Å². The zero-order valence-corrected chi connectivity index (χ0v) is 25.6. The molecule has 46 heavy (non-hydrogen) atoms. The molecular weight excluding hydrogens is 578 g/mol. The number of piperidine rings is 1. The number of nitrogens with zero attached hydrogens (tertiary/aromatic N) is 6. The van der Waals surface area contributed by atoms with Gasteiger partial charge in [0.2, 0.25) is 5.95 Å². The number of fused-ring (bicyclic) bond motifs is 3. The number of anilines is 3. The highest BCUT2D eigenvalue weighted by Crippen LogP contribution is 2.34. The average molecular weight is 616 g/mol. The van der Waals surface area contributed by atoms with E-state index in [9.17, 15) is 9.59 Å². The maximum atomic E-state index is 13.2. The Morgan fingerprint density at radius 2 is 1.89 bits per heavy atom. The van der Waals surface area contributed by atoms with Crippen LogP contribution in [0.4, 0.5) is 26.9 Å². The molecule has 11 nitrogen and oxygen atoms in total. The molecule has 234 valence electrons. The largest absolute Gasteiger partial charge is 0.354 e. The highest BCUT2D eigenvalue weighted by atomic mass is 16.2. The van der Waals surface area contributed by atoms with Crippen molar-refractivity contribution in [2.24, 2.45) is 5.92 Å². The summed E-state index contributed by atoms with van der Waals surface area (Å²) in [5.41, 5.74) is 3.45. The summed E-state index contributed by atoms with van der Waals surface area (Å²) >= 11 is 0. The molecule has 2 aliphatic heterocycles. The van der Waals surface area contributed by atoms with Gasteiger partial charge in [-0.05, 0) is 80.2 Å². The molecular formula is C35H37N9O2. The molecule has 3 atom stereocenters. The van der Waals surface area contributed by atoms with Crippen molar-refractivity contribution in [2.75, 3.05) is 35.2 Å². The van der Waals surface area contributed by atoms with E-state index < -0.39 is 0 Å². The highest BCUT2D eigenvalue weighted by Gasteiger charge is 2.43. The zero-order chi connectivity index (χ0) is 31.0. The fraction of sp³-hybridized carbons (Fsp3) is 0.343. The molecule has 3 aliphatic rings. The Bertz CT molecular complexity index is 1920. The van der Waals surface area contributed by atoms with Crippen molar-refractivity contribution in [1.82, 2.24) is 29.7 Å². The lowest BCUT2D eigenvalue weighted by Gasteiger charge is -2.33. The molecule has 3 fully saturated rings. The summed E-state index contributed by atoms with van der Waals surface area (Å²) in [5.74, 6) is 1.67. The van der Waals surface area contributed by atoms with Crippen molar-refractivity contribution in [3.05, 3.63) is 79.3 Å². The number of likely N-dealkylation sites (tertiary alicyclic amines) is 1. The molecule has 1 saturated carbocycles. The zero-order valence-electron chi connectivity index (χ0n) is 25.6. The summed E-state index contributed by atoms with van der Waals surface area (Å²) < 4.78 is 1.95. The third kappa shape index (κ3) is 5.35. The van der Waals surface area contributed by atoms with E-state index in [2.05, 4.69) is 38.1 Å². The first kappa shape index (κ1) is 28.3. The Morgan fingerprint density at radius 1 is 0.978 bits per heavy atom. The van der Waals surface area contributed by atoms with Gasteiger partial charge >= 0.3 is 12.1 Å². The Balaban J connectivity index is 0.890. The Kier molecular flexibility index (Phi) is 7.36. The van der Waals surface area contributed by atoms with Gasteiger partial charge in [0.1, 0.15) is 12.1 Å². The molecule has 3 unspecified atom stereocenters. The fourth-order valence-corrected chi connectivity index (χ4v) is 7.41. The van der Waals surface area contributed by atoms with Gasteiger partial charge in [-0.1, -0.05) is 36.4 Å². The van der Waals surface area contributed by atoms with Crippen molar-refractivity contribution >= 4 is 51.2 Å². The average Bonchev–Trinajstić information content (AvgIpc) is 3.79. The smallest absolute Gasteiger partial charge is 0.322 e. The van der Waals surface area contributed by atoms with Crippen molar-refractivity contribution in [2.45, 2.75) is 50.6 Å². The molecule has 3 aromatic carbocycles. The van der Waals surface area contributed by atoms with Gasteiger partial charge in [-0.25, -0.2) is 19.6 Å². The van der Waals surface area contributed by atoms with Gasteiger partial charge in [0.05, 0.1) is 28.8 Å². The first-order valence-corrected chi connectivity index (χ1v) is 16.3. The molecule has 2 aromatic heterocycles. The van der Waals surface area contributed by atoms with E-state index in [1.807, 2.05) is 69.0 Å². The van der Waals surface area contributed by atoms with Gasteiger partial charge in [-0.2, -0.15) is 4.98 Å². The standard InChI is InChI=1S/C35H37N9O2/c45-34(39-27-10-3-8-24-7-1-2-9-26(24)27)42-19-5-6-23(21-42)15-17-36-33-37-18-16-32(41-33)43-22-38-29-20-25(13-14-30(29)43)44-31-12-4-11-28(31)40-35(44)46/h1-3,7-10,13-14,16,18,20,22-23,28,31H,4-6,11-12,15,17,19,21H2,(H,39,45)(H,40,46)(H,36,37,41). The first-order valence-electron chi connectivity index (χ1n) is 16.3. The molecule has 8 rings (SSSR count). The molecule has 3 N–H and O–H groups in total. The van der Waals surface area contributed by atoms with E-state index in [4.69, 9.17) is 4.98 Å². The molecule has 5 aromatic rings. The van der Waals surface area contributed by atoms with Crippen LogP contribution in [0, 0.1) is 5.92 Å². The van der Waals surface area contributed by atoms with Crippen LogP contribution in [-0.4, -0.2) is 68.2 Å². The number of hydrogen-bond acceptors (Lipinski definition) is 6. The number of urea groups is 2. The van der Waals surface area contributed by atoms with Crippen LogP contribution in [0.15, 0.2) is 79.3 Å². The van der Waals surface area contributed by atoms with E-state index in [0.29, 0.717) is 18.4 Å². The minimum Gasteiger partial charge on any atom is -0.354 e. The van der Waals surface area contributed by atoms with E-state index >= 15 is 0 Å². The summed E-state index contributed by atoms with van der Waals surface area (Å²) in [4.78, 5) is 43.6. The lowest BCUT2D eigenvalue weighted by Crippen LogP contribution is -2.42. The molecule has 4 amide bonds. The van der Waals surface area contributed by atoms with Crippen LogP contribution in [0.1, 0.15) is 38.5 Å². The molecule has 1 aliphatic carbocycles. The van der Waals surface area contributed by atoms with Crippen LogP contribution in [0.5, 0.6) is 0 Å². The number of amides is 4. The second-order valence-electron chi connectivity index (χ2n) is 12.6. The summed E-state index contributed by atoms with van der Waals surface area (Å²) in [7, 11) is 0. The second-order valence-corrected chi connectivity index (χ2v) is 12.6. The summed E-state index contributed by atoms with van der Waals surface area (Å²) in [6.07, 6.45) is 9.69. The van der Waals surface area contributed by atoms with Crippen LogP contribution in [-0.2, 0) is 0 Å². The van der Waals surface area contributed by atoms with Crippen molar-refractivity contribution in [3.8, 4) is 5.82 Å². The topological polar surface area (TPSA) is 120 Å². The van der Waals surface area contributed by atoms with Crippen LogP contribution in [0.25, 0.3) is 27.6 Å². The monoisotopic (exact) mass is 615 g/mol. The minimum atomic E-state index is -0.0452. The molecule has 0 spiro atoms. The number of carbonyl (C=O) groups excluding carboxylic acids is 2. The van der Waals surface area contributed by atoms with E-state index in [1.54, 1.807) is 12.5 Å². The lowest BCUT2D eigenvalue weighted by atomic mass is 9.95. The molecule has 0 radical (unpaired) electrons. The number of aromatic nitrogens is 4. The number of hydrogen-bond donors (Lipinski definition) is 3. The van der Waals surface area contributed by atoms with Crippen LogP contribution in [0.3, 0.4) is 0 Å². The number of nitrogens with one attached hydrogen (secondary N) is 3. The lowest BCUT2D eigenvalue weighted by molar-refractivity contribution is 0.175. The van der Waals surface area contributed by atoms with Gasteiger partial charge in [0.25, 0.3) is 0 Å². The van der Waals surface area contributed by atoms with E-state index in [1.165, 1.54) is 0 Å². The SMILES string of the molecule is O=C(Nc1cccc2ccccc12)N1CCCC(CCNc2nccc(-n3cnc4cc(N5C(=O)NC6CCCC65)ccc43)n2)C1. The molecule has 2 saturated heterocycles. The predicted molar refractivity (Wildman–Crippen MR) is 179 cm³/mol. The number of carbonyl (C=O) groups is 2. The number of imidazole rings is 1. The minimum absolute atomic E-state index is 0.0230. The van der Waals surface area contributed by atoms with Crippen molar-refractivity contribution in [3.63, 3.8) is 0 Å². The number of benzene rings is 3. The predicted octanol–water partition coefficient (Wildman–Crippen LogP) is 6.17. The summed E-state index contributed by atoms with van der Waals surface area (Å²) in [5, 5.41) is 11.8. The van der Waals surface area contributed by atoms with E-state index in [0.717, 1.165) is 90.6 Å². The third-order valence-electron chi connectivity index (χ3n) is 9.71. The second kappa shape index (κ2) is 12.0. The van der Waals surface area contributed by atoms with Gasteiger partial charge in [-0.3, -0.25) is 9.47 Å². The normalized spacial score (nSPS) is 21.0. The quantitative estimate of drug-likeness (QED) is 0.202. The van der Waals surface area contributed by atoms with Gasteiger partial charge in [0, 0.05) is 36.9 Å². The molecule has 0 bridgehead atoms. The van der Waals surface area contributed by atoms with Crippen molar-refractivity contribution in [1.29, 1.82) is 0 Å². The Hall–Kier alpha value is -5.19. The van der Waals surface area contributed by atoms with Gasteiger partial charge < -0.3 is 20.9 Å². The maximum Gasteiger partial charge on any atom is 0.322 e. The van der Waals surface area contributed by atoms with Crippen molar-refractivity contribution < 1.29 is 9.59 Å². The maximum absolute atomic E-state index is 13.2.